The summed E-state index contributed by atoms with van der Waals surface area (Å²) in [5, 5.41) is 3.32. The van der Waals surface area contributed by atoms with Gasteiger partial charge >= 0.3 is 5.97 Å². The van der Waals surface area contributed by atoms with E-state index < -0.39 is 5.60 Å². The van der Waals surface area contributed by atoms with Crippen molar-refractivity contribution in [1.29, 1.82) is 0 Å². The van der Waals surface area contributed by atoms with Crippen molar-refractivity contribution in [3.8, 4) is 0 Å². The number of halogens is 1. The van der Waals surface area contributed by atoms with E-state index in [0.717, 1.165) is 23.3 Å². The van der Waals surface area contributed by atoms with Gasteiger partial charge in [0.05, 0.1) is 0 Å². The molecule has 0 saturated heterocycles. The molecule has 0 bridgehead atoms. The van der Waals surface area contributed by atoms with E-state index in [9.17, 15) is 9.18 Å². The summed E-state index contributed by atoms with van der Waals surface area (Å²) in [6.45, 7) is 5.67. The van der Waals surface area contributed by atoms with Gasteiger partial charge in [-0.15, -0.1) is 0 Å². The van der Waals surface area contributed by atoms with E-state index in [0.29, 0.717) is 25.3 Å². The first-order valence-corrected chi connectivity index (χ1v) is 7.45. The fourth-order valence-electron chi connectivity index (χ4n) is 3.39. The molecule has 0 spiro atoms. The third kappa shape index (κ3) is 2.38. The molecule has 2 heterocycles. The zero-order chi connectivity index (χ0) is 15.0. The molecule has 1 aromatic rings. The average Bonchev–Trinajstić information content (AvgIpc) is 2.73. The Labute approximate surface area is 124 Å². The minimum absolute atomic E-state index is 0.212. The number of carbonyl (C=O) groups excluding carboxylic acids is 1. The van der Waals surface area contributed by atoms with Gasteiger partial charge in [0.15, 0.2) is 5.60 Å². The molecular formula is C17H20FNO2. The summed E-state index contributed by atoms with van der Waals surface area (Å²) in [5.74, 6) is -0.133. The topological polar surface area (TPSA) is 38.3 Å². The molecule has 21 heavy (non-hydrogen) atoms. The maximum absolute atomic E-state index is 13.2. The summed E-state index contributed by atoms with van der Waals surface area (Å²) in [7, 11) is 0. The standard InChI is InChI=1S/C17H20FNO2/c1-11(2)9-17(12-3-5-13(18)6-4-12)15-10-19-8-7-14(15)16(20)21-17/h3-6,11,19H,7-10H2,1-2H3. The lowest BCUT2D eigenvalue weighted by Crippen LogP contribution is -2.36. The van der Waals surface area contributed by atoms with Crippen molar-refractivity contribution in [1.82, 2.24) is 5.32 Å². The SMILES string of the molecule is CC(C)CC1(c2ccc(F)cc2)OC(=O)C2=C1CNCC2. The third-order valence-corrected chi connectivity index (χ3v) is 4.22. The Morgan fingerprint density at radius 3 is 2.71 bits per heavy atom. The Morgan fingerprint density at radius 1 is 1.33 bits per heavy atom. The van der Waals surface area contributed by atoms with Gasteiger partial charge in [-0.05, 0) is 37.4 Å². The first-order valence-electron chi connectivity index (χ1n) is 7.45. The molecule has 1 aromatic carbocycles. The predicted octanol–water partition coefficient (Wildman–Crippen LogP) is 2.91. The van der Waals surface area contributed by atoms with Crippen LogP contribution in [0.3, 0.4) is 0 Å². The highest BCUT2D eigenvalue weighted by Crippen LogP contribution is 2.47. The second kappa shape index (κ2) is 5.26. The van der Waals surface area contributed by atoms with Crippen LogP contribution in [0.25, 0.3) is 0 Å². The van der Waals surface area contributed by atoms with Crippen molar-refractivity contribution in [2.75, 3.05) is 13.1 Å². The van der Waals surface area contributed by atoms with Crippen molar-refractivity contribution in [2.24, 2.45) is 5.92 Å². The molecule has 1 atom stereocenters. The van der Waals surface area contributed by atoms with Crippen molar-refractivity contribution < 1.29 is 13.9 Å². The van der Waals surface area contributed by atoms with Crippen molar-refractivity contribution in [3.63, 3.8) is 0 Å². The second-order valence-corrected chi connectivity index (χ2v) is 6.21. The monoisotopic (exact) mass is 289 g/mol. The molecule has 0 fully saturated rings. The summed E-state index contributed by atoms with van der Waals surface area (Å²) < 4.78 is 19.1. The highest BCUT2D eigenvalue weighted by Gasteiger charge is 2.49. The normalized spacial score (nSPS) is 25.2. The van der Waals surface area contributed by atoms with Crippen molar-refractivity contribution in [3.05, 3.63) is 46.8 Å². The van der Waals surface area contributed by atoms with Crippen LogP contribution in [0.1, 0.15) is 32.3 Å². The first-order chi connectivity index (χ1) is 10.0. The highest BCUT2D eigenvalue weighted by molar-refractivity contribution is 5.93. The molecule has 0 saturated carbocycles. The second-order valence-electron chi connectivity index (χ2n) is 6.21. The summed E-state index contributed by atoms with van der Waals surface area (Å²) in [5.41, 5.74) is 1.96. The van der Waals surface area contributed by atoms with Gasteiger partial charge in [-0.25, -0.2) is 9.18 Å². The number of rotatable bonds is 3. The predicted molar refractivity (Wildman–Crippen MR) is 78.1 cm³/mol. The number of hydrogen-bond donors (Lipinski definition) is 1. The van der Waals surface area contributed by atoms with Crippen LogP contribution < -0.4 is 5.32 Å². The van der Waals surface area contributed by atoms with E-state index in [1.807, 2.05) is 0 Å². The van der Waals surface area contributed by atoms with Gasteiger partial charge in [0.25, 0.3) is 0 Å². The number of ether oxygens (including phenoxy) is 1. The van der Waals surface area contributed by atoms with E-state index in [-0.39, 0.29) is 11.8 Å². The van der Waals surface area contributed by atoms with Crippen LogP contribution in [0.5, 0.6) is 0 Å². The van der Waals surface area contributed by atoms with E-state index in [2.05, 4.69) is 19.2 Å². The fourth-order valence-corrected chi connectivity index (χ4v) is 3.39. The number of carbonyl (C=O) groups is 1. The summed E-state index contributed by atoms with van der Waals surface area (Å²) in [4.78, 5) is 12.3. The summed E-state index contributed by atoms with van der Waals surface area (Å²) in [6, 6.07) is 6.32. The van der Waals surface area contributed by atoms with Crippen molar-refractivity contribution >= 4 is 5.97 Å². The molecule has 0 aliphatic carbocycles. The van der Waals surface area contributed by atoms with Gasteiger partial charge in [0.1, 0.15) is 5.82 Å². The first kappa shape index (κ1) is 14.3. The zero-order valence-electron chi connectivity index (χ0n) is 12.4. The van der Waals surface area contributed by atoms with Crippen LogP contribution in [0.4, 0.5) is 4.39 Å². The quantitative estimate of drug-likeness (QED) is 0.870. The molecule has 2 aliphatic heterocycles. The summed E-state index contributed by atoms with van der Waals surface area (Å²) >= 11 is 0. The van der Waals surface area contributed by atoms with Crippen LogP contribution in [-0.4, -0.2) is 19.1 Å². The number of hydrogen-bond acceptors (Lipinski definition) is 3. The van der Waals surface area contributed by atoms with Crippen LogP contribution in [-0.2, 0) is 15.1 Å². The molecule has 0 amide bonds. The van der Waals surface area contributed by atoms with E-state index >= 15 is 0 Å². The molecular weight excluding hydrogens is 269 g/mol. The maximum atomic E-state index is 13.2. The molecule has 2 aliphatic rings. The van der Waals surface area contributed by atoms with Gasteiger partial charge in [0, 0.05) is 23.3 Å². The van der Waals surface area contributed by atoms with Gasteiger partial charge in [-0.3, -0.25) is 0 Å². The molecule has 0 radical (unpaired) electrons. The van der Waals surface area contributed by atoms with E-state index in [4.69, 9.17) is 4.74 Å². The Morgan fingerprint density at radius 2 is 2.05 bits per heavy atom. The minimum Gasteiger partial charge on any atom is -0.446 e. The highest BCUT2D eigenvalue weighted by atomic mass is 19.1. The average molecular weight is 289 g/mol. The Hall–Kier alpha value is -1.68. The van der Waals surface area contributed by atoms with Crippen LogP contribution in [0.2, 0.25) is 0 Å². The van der Waals surface area contributed by atoms with Gasteiger partial charge < -0.3 is 10.1 Å². The largest absolute Gasteiger partial charge is 0.446 e. The van der Waals surface area contributed by atoms with Gasteiger partial charge in [0.2, 0.25) is 0 Å². The number of nitrogens with one attached hydrogen (secondary N) is 1. The van der Waals surface area contributed by atoms with Crippen molar-refractivity contribution in [2.45, 2.75) is 32.3 Å². The van der Waals surface area contributed by atoms with Crippen LogP contribution >= 0.6 is 0 Å². The minimum atomic E-state index is -0.734. The summed E-state index contributed by atoms with van der Waals surface area (Å²) in [6.07, 6.45) is 1.42. The lowest BCUT2D eigenvalue weighted by molar-refractivity contribution is -0.149. The smallest absolute Gasteiger partial charge is 0.335 e. The van der Waals surface area contributed by atoms with Gasteiger partial charge in [-0.1, -0.05) is 26.0 Å². The van der Waals surface area contributed by atoms with Gasteiger partial charge in [-0.2, -0.15) is 0 Å². The Balaban J connectivity index is 2.12. The number of benzene rings is 1. The molecule has 1 unspecified atom stereocenters. The molecule has 4 heteroatoms. The van der Waals surface area contributed by atoms with E-state index in [1.165, 1.54) is 12.1 Å². The third-order valence-electron chi connectivity index (χ3n) is 4.22. The van der Waals surface area contributed by atoms with Crippen LogP contribution in [0, 0.1) is 11.7 Å². The Bertz CT molecular complexity index is 591. The molecule has 3 rings (SSSR count). The molecule has 112 valence electrons. The fraction of sp³-hybridized carbons (Fsp3) is 0.471. The number of esters is 1. The van der Waals surface area contributed by atoms with Crippen LogP contribution in [0.15, 0.2) is 35.4 Å². The lowest BCUT2D eigenvalue weighted by atomic mass is 9.78. The molecule has 3 nitrogen and oxygen atoms in total. The zero-order valence-corrected chi connectivity index (χ0v) is 12.4. The van der Waals surface area contributed by atoms with E-state index in [1.54, 1.807) is 12.1 Å². The number of cyclic esters (lactones) is 1. The Kier molecular flexibility index (Phi) is 3.57. The molecule has 1 N–H and O–H groups in total. The maximum Gasteiger partial charge on any atom is 0.335 e. The lowest BCUT2D eigenvalue weighted by Gasteiger charge is -2.34. The molecule has 0 aromatic heterocycles.